The number of hydrogen-bond acceptors (Lipinski definition) is 4. The lowest BCUT2D eigenvalue weighted by Crippen LogP contribution is -2.41. The molecule has 1 unspecified atom stereocenters. The van der Waals surface area contributed by atoms with Crippen LogP contribution in [0.2, 0.25) is 0 Å². The number of thiazole rings is 1. The molecule has 1 aliphatic rings. The molecule has 94 valence electrons. The minimum Gasteiger partial charge on any atom is -0.512 e. The zero-order chi connectivity index (χ0) is 12.3. The number of ether oxygens (including phenoxy) is 1. The van der Waals surface area contributed by atoms with Gasteiger partial charge in [-0.05, 0) is 24.8 Å². The van der Waals surface area contributed by atoms with E-state index in [0.29, 0.717) is 24.7 Å². The first kappa shape index (κ1) is 12.6. The zero-order valence-electron chi connectivity index (χ0n) is 10.3. The van der Waals surface area contributed by atoms with Gasteiger partial charge in [0.25, 0.3) is 0 Å². The van der Waals surface area contributed by atoms with E-state index in [-0.39, 0.29) is 5.60 Å². The molecule has 0 aliphatic carbocycles. The van der Waals surface area contributed by atoms with Crippen molar-refractivity contribution < 1.29 is 9.84 Å². The van der Waals surface area contributed by atoms with Crippen molar-refractivity contribution in [2.24, 2.45) is 5.92 Å². The van der Waals surface area contributed by atoms with E-state index < -0.39 is 0 Å². The van der Waals surface area contributed by atoms with Gasteiger partial charge in [0.1, 0.15) is 0 Å². The Bertz CT molecular complexity index is 386. The molecule has 2 rings (SSSR count). The Labute approximate surface area is 106 Å². The summed E-state index contributed by atoms with van der Waals surface area (Å²) in [6.07, 6.45) is 6.20. The second kappa shape index (κ2) is 5.19. The van der Waals surface area contributed by atoms with Gasteiger partial charge in [0.2, 0.25) is 0 Å². The van der Waals surface area contributed by atoms with Gasteiger partial charge in [-0.15, -0.1) is 11.3 Å². The second-order valence-corrected chi connectivity index (χ2v) is 5.84. The number of aryl methyl sites for hydroxylation is 1. The molecular weight excluding hydrogens is 234 g/mol. The maximum absolute atomic E-state index is 9.72. The Morgan fingerprint density at radius 2 is 2.41 bits per heavy atom. The maximum atomic E-state index is 9.72. The fourth-order valence-electron chi connectivity index (χ4n) is 2.25. The van der Waals surface area contributed by atoms with E-state index in [1.165, 1.54) is 4.88 Å². The van der Waals surface area contributed by atoms with Crippen LogP contribution in [0.4, 0.5) is 0 Å². The van der Waals surface area contributed by atoms with Crippen LogP contribution < -0.4 is 0 Å². The van der Waals surface area contributed by atoms with Crippen molar-refractivity contribution in [1.82, 2.24) is 4.98 Å². The smallest absolute Gasteiger partial charge is 0.0934 e. The van der Waals surface area contributed by atoms with E-state index in [1.807, 2.05) is 11.7 Å². The fourth-order valence-corrected chi connectivity index (χ4v) is 2.85. The van der Waals surface area contributed by atoms with Crippen LogP contribution in [-0.2, 0) is 11.2 Å². The first-order chi connectivity index (χ1) is 8.12. The third-order valence-corrected chi connectivity index (χ3v) is 4.34. The lowest BCUT2D eigenvalue weighted by molar-refractivity contribution is -0.0869. The van der Waals surface area contributed by atoms with Gasteiger partial charge in [0.15, 0.2) is 0 Å². The van der Waals surface area contributed by atoms with Crippen LogP contribution >= 0.6 is 11.3 Å². The Morgan fingerprint density at radius 1 is 1.59 bits per heavy atom. The van der Waals surface area contributed by atoms with E-state index in [4.69, 9.17) is 4.74 Å². The van der Waals surface area contributed by atoms with Crippen molar-refractivity contribution in [3.05, 3.63) is 28.4 Å². The topological polar surface area (TPSA) is 42.4 Å². The van der Waals surface area contributed by atoms with Gasteiger partial charge >= 0.3 is 0 Å². The monoisotopic (exact) mass is 253 g/mol. The summed E-state index contributed by atoms with van der Waals surface area (Å²) in [6.45, 7) is 4.84. The van der Waals surface area contributed by atoms with E-state index in [2.05, 4.69) is 18.8 Å². The highest BCUT2D eigenvalue weighted by Gasteiger charge is 2.37. The lowest BCUT2D eigenvalue weighted by Gasteiger charge is -2.39. The molecule has 0 fully saturated rings. The highest BCUT2D eigenvalue weighted by molar-refractivity contribution is 7.09. The molecule has 1 aromatic rings. The molecule has 0 saturated carbocycles. The van der Waals surface area contributed by atoms with Gasteiger partial charge in [-0.1, -0.05) is 13.8 Å². The van der Waals surface area contributed by atoms with Gasteiger partial charge in [-0.3, -0.25) is 4.98 Å². The van der Waals surface area contributed by atoms with Gasteiger partial charge in [-0.2, -0.15) is 0 Å². The van der Waals surface area contributed by atoms with E-state index in [9.17, 15) is 5.11 Å². The molecule has 1 aromatic heterocycles. The number of aliphatic hydroxyl groups excluding tert-OH is 1. The molecule has 17 heavy (non-hydrogen) atoms. The second-order valence-electron chi connectivity index (χ2n) is 4.87. The van der Waals surface area contributed by atoms with E-state index in [0.717, 1.165) is 12.8 Å². The number of aliphatic hydroxyl groups is 1. The summed E-state index contributed by atoms with van der Waals surface area (Å²) in [4.78, 5) is 5.37. The van der Waals surface area contributed by atoms with Gasteiger partial charge in [0, 0.05) is 17.5 Å². The van der Waals surface area contributed by atoms with Crippen LogP contribution in [0.15, 0.2) is 23.5 Å². The van der Waals surface area contributed by atoms with Crippen molar-refractivity contribution in [2.45, 2.75) is 38.7 Å². The molecule has 0 spiro atoms. The largest absolute Gasteiger partial charge is 0.512 e. The minimum atomic E-state index is -0.219. The highest BCUT2D eigenvalue weighted by atomic mass is 32.1. The van der Waals surface area contributed by atoms with Crippen LogP contribution in [0.25, 0.3) is 0 Å². The van der Waals surface area contributed by atoms with Crippen molar-refractivity contribution in [3.8, 4) is 0 Å². The van der Waals surface area contributed by atoms with Crippen molar-refractivity contribution in [2.75, 3.05) is 6.61 Å². The summed E-state index contributed by atoms with van der Waals surface area (Å²) in [5, 5.41) is 9.72. The van der Waals surface area contributed by atoms with Gasteiger partial charge in [-0.25, -0.2) is 0 Å². The molecule has 0 amide bonds. The molecule has 0 radical (unpaired) electrons. The van der Waals surface area contributed by atoms with Crippen LogP contribution in [0.1, 0.15) is 31.6 Å². The van der Waals surface area contributed by atoms with Crippen molar-refractivity contribution >= 4 is 11.3 Å². The normalized spacial score (nSPS) is 25.0. The van der Waals surface area contributed by atoms with E-state index in [1.54, 1.807) is 17.4 Å². The van der Waals surface area contributed by atoms with Crippen LogP contribution in [0.3, 0.4) is 0 Å². The van der Waals surface area contributed by atoms with Gasteiger partial charge < -0.3 is 9.84 Å². The Kier molecular flexibility index (Phi) is 3.84. The predicted molar refractivity (Wildman–Crippen MR) is 69.3 cm³/mol. The summed E-state index contributed by atoms with van der Waals surface area (Å²) in [7, 11) is 0. The molecule has 0 bridgehead atoms. The molecular formula is C13H19NO2S. The summed E-state index contributed by atoms with van der Waals surface area (Å²) < 4.78 is 5.94. The first-order valence-electron chi connectivity index (χ1n) is 6.02. The average Bonchev–Trinajstić information content (AvgIpc) is 2.79. The summed E-state index contributed by atoms with van der Waals surface area (Å²) in [6, 6.07) is 0. The van der Waals surface area contributed by atoms with Crippen LogP contribution in [-0.4, -0.2) is 22.3 Å². The number of rotatable bonds is 4. The number of nitrogens with zero attached hydrogens (tertiary/aromatic N) is 1. The van der Waals surface area contributed by atoms with Crippen molar-refractivity contribution in [3.63, 3.8) is 0 Å². The lowest BCUT2D eigenvalue weighted by atomic mass is 9.81. The number of hydrogen-bond donors (Lipinski definition) is 1. The molecule has 4 heteroatoms. The minimum absolute atomic E-state index is 0.219. The van der Waals surface area contributed by atoms with Crippen LogP contribution in [0.5, 0.6) is 0 Å². The molecule has 1 N–H and O–H groups in total. The third-order valence-electron chi connectivity index (χ3n) is 3.50. The fraction of sp³-hybridized carbons (Fsp3) is 0.615. The molecule has 0 aromatic carbocycles. The third kappa shape index (κ3) is 2.87. The molecule has 3 nitrogen and oxygen atoms in total. The highest BCUT2D eigenvalue weighted by Crippen LogP contribution is 2.36. The zero-order valence-corrected chi connectivity index (χ0v) is 11.2. The summed E-state index contributed by atoms with van der Waals surface area (Å²) in [5.74, 6) is 0.862. The quantitative estimate of drug-likeness (QED) is 0.895. The molecule has 1 atom stereocenters. The Hall–Kier alpha value is -0.870. The van der Waals surface area contributed by atoms with E-state index >= 15 is 0 Å². The number of aromatic nitrogens is 1. The molecule has 2 heterocycles. The molecule has 0 saturated heterocycles. The summed E-state index contributed by atoms with van der Waals surface area (Å²) >= 11 is 1.68. The predicted octanol–water partition coefficient (Wildman–Crippen LogP) is 3.33. The SMILES string of the molecule is CC(C)C1(CCc2cncs2)CC(O)=CCO1. The average molecular weight is 253 g/mol. The maximum Gasteiger partial charge on any atom is 0.0934 e. The Balaban J connectivity index is 2.05. The first-order valence-corrected chi connectivity index (χ1v) is 6.90. The van der Waals surface area contributed by atoms with Crippen LogP contribution in [0, 0.1) is 5.92 Å². The molecule has 1 aliphatic heterocycles. The van der Waals surface area contributed by atoms with Crippen molar-refractivity contribution in [1.29, 1.82) is 0 Å². The standard InChI is InChI=1S/C13H19NO2S/c1-10(2)13(7-11(15)4-6-16-13)5-3-12-8-14-9-17-12/h4,8-10,15H,3,5-7H2,1-2H3. The van der Waals surface area contributed by atoms with Gasteiger partial charge in [0.05, 0.1) is 23.5 Å². The summed E-state index contributed by atoms with van der Waals surface area (Å²) in [5.41, 5.74) is 1.64. The Morgan fingerprint density at radius 3 is 3.00 bits per heavy atom.